The van der Waals surface area contributed by atoms with Crippen LogP contribution in [-0.2, 0) is 22.5 Å². The molecule has 30 heavy (non-hydrogen) atoms. The number of nitrogens with one attached hydrogen (secondary N) is 1. The van der Waals surface area contributed by atoms with Crippen LogP contribution in [-0.4, -0.2) is 42.2 Å². The Labute approximate surface area is 180 Å². The van der Waals surface area contributed by atoms with Gasteiger partial charge in [-0.2, -0.15) is 0 Å². The largest absolute Gasteiger partial charge is 0.508 e. The number of ether oxygens (including phenoxy) is 1. The van der Waals surface area contributed by atoms with Gasteiger partial charge in [0.05, 0.1) is 6.61 Å². The smallest absolute Gasteiger partial charge is 0.221 e. The van der Waals surface area contributed by atoms with Crippen LogP contribution in [0.3, 0.4) is 0 Å². The highest BCUT2D eigenvalue weighted by atomic mass is 16.5. The third-order valence-corrected chi connectivity index (χ3v) is 6.09. The van der Waals surface area contributed by atoms with Crippen LogP contribution in [0.25, 0.3) is 0 Å². The lowest BCUT2D eigenvalue weighted by Gasteiger charge is -2.42. The average molecular weight is 411 g/mol. The van der Waals surface area contributed by atoms with Gasteiger partial charge in [-0.15, -0.1) is 0 Å². The number of carbonyl (C=O) groups is 1. The fourth-order valence-corrected chi connectivity index (χ4v) is 4.20. The molecule has 3 rings (SSSR count). The Morgan fingerprint density at radius 1 is 1.07 bits per heavy atom. The second kappa shape index (κ2) is 10.6. The van der Waals surface area contributed by atoms with Crippen LogP contribution in [0.15, 0.2) is 48.5 Å². The fraction of sp³-hybridized carbons (Fsp3) is 0.480. The van der Waals surface area contributed by atoms with E-state index in [1.807, 2.05) is 24.3 Å². The van der Waals surface area contributed by atoms with Gasteiger partial charge >= 0.3 is 0 Å². The van der Waals surface area contributed by atoms with E-state index in [0.717, 1.165) is 64.2 Å². The first-order valence-corrected chi connectivity index (χ1v) is 10.9. The number of piperidine rings is 1. The Balaban J connectivity index is 1.54. The number of carbonyl (C=O) groups excluding carboxylic acids is 1. The van der Waals surface area contributed by atoms with Crippen molar-refractivity contribution in [2.24, 2.45) is 5.41 Å². The average Bonchev–Trinajstić information content (AvgIpc) is 2.74. The molecule has 5 nitrogen and oxygen atoms in total. The van der Waals surface area contributed by atoms with E-state index < -0.39 is 0 Å². The normalized spacial score (nSPS) is 16.3. The third-order valence-electron chi connectivity index (χ3n) is 6.09. The third kappa shape index (κ3) is 6.57. The van der Waals surface area contributed by atoms with Crippen molar-refractivity contribution < 1.29 is 14.6 Å². The number of hydrogen-bond acceptors (Lipinski definition) is 4. The van der Waals surface area contributed by atoms with Gasteiger partial charge in [-0.25, -0.2) is 0 Å². The van der Waals surface area contributed by atoms with E-state index >= 15 is 0 Å². The first-order valence-electron chi connectivity index (χ1n) is 10.9. The van der Waals surface area contributed by atoms with E-state index in [1.165, 1.54) is 18.1 Å². The van der Waals surface area contributed by atoms with Gasteiger partial charge in [0.25, 0.3) is 0 Å². The second-order valence-corrected chi connectivity index (χ2v) is 8.46. The molecule has 2 N–H and O–H groups in total. The molecule has 0 bridgehead atoms. The zero-order valence-electron chi connectivity index (χ0n) is 18.2. The highest BCUT2D eigenvalue weighted by Gasteiger charge is 2.34. The molecular formula is C25H34N2O3. The van der Waals surface area contributed by atoms with Crippen LogP contribution < -0.4 is 5.32 Å². The lowest BCUT2D eigenvalue weighted by molar-refractivity contribution is -0.114. The van der Waals surface area contributed by atoms with Crippen LogP contribution in [0, 0.1) is 5.41 Å². The van der Waals surface area contributed by atoms with Crippen molar-refractivity contribution in [3.8, 4) is 5.75 Å². The zero-order chi connectivity index (χ0) is 21.4. The summed E-state index contributed by atoms with van der Waals surface area (Å²) in [7, 11) is 0. The molecule has 0 radical (unpaired) electrons. The van der Waals surface area contributed by atoms with Crippen LogP contribution in [0.5, 0.6) is 5.75 Å². The number of hydrogen-bond donors (Lipinski definition) is 2. The molecule has 1 saturated heterocycles. The Morgan fingerprint density at radius 3 is 2.30 bits per heavy atom. The van der Waals surface area contributed by atoms with Crippen molar-refractivity contribution in [1.82, 2.24) is 4.90 Å². The zero-order valence-corrected chi connectivity index (χ0v) is 18.2. The predicted octanol–water partition coefficient (Wildman–Crippen LogP) is 4.60. The summed E-state index contributed by atoms with van der Waals surface area (Å²) < 4.78 is 5.89. The molecule has 1 aliphatic rings. The molecule has 2 aromatic carbocycles. The van der Waals surface area contributed by atoms with Crippen molar-refractivity contribution in [1.29, 1.82) is 0 Å². The molecule has 0 aliphatic carbocycles. The van der Waals surface area contributed by atoms with Crippen LogP contribution in [0.1, 0.15) is 44.2 Å². The van der Waals surface area contributed by atoms with Crippen molar-refractivity contribution in [2.75, 3.05) is 31.6 Å². The minimum Gasteiger partial charge on any atom is -0.508 e. The van der Waals surface area contributed by atoms with Gasteiger partial charge in [0.1, 0.15) is 5.75 Å². The Kier molecular flexibility index (Phi) is 7.88. The van der Waals surface area contributed by atoms with Gasteiger partial charge in [-0.3, -0.25) is 9.69 Å². The van der Waals surface area contributed by atoms with Crippen LogP contribution in [0.2, 0.25) is 0 Å². The topological polar surface area (TPSA) is 61.8 Å². The van der Waals surface area contributed by atoms with Crippen LogP contribution in [0.4, 0.5) is 5.69 Å². The molecule has 0 spiro atoms. The van der Waals surface area contributed by atoms with Crippen molar-refractivity contribution in [2.45, 2.75) is 46.1 Å². The Bertz CT molecular complexity index is 794. The maximum Gasteiger partial charge on any atom is 0.221 e. The molecule has 0 unspecified atom stereocenters. The molecule has 1 heterocycles. The summed E-state index contributed by atoms with van der Waals surface area (Å²) in [5.41, 5.74) is 3.60. The van der Waals surface area contributed by atoms with Gasteiger partial charge in [-0.1, -0.05) is 24.3 Å². The number of phenolic OH excluding ortho intramolecular Hbond substituents is 1. The summed E-state index contributed by atoms with van der Waals surface area (Å²) in [6.07, 6.45) is 4.39. The highest BCUT2D eigenvalue weighted by Crippen LogP contribution is 2.37. The van der Waals surface area contributed by atoms with E-state index in [2.05, 4.69) is 29.3 Å². The number of aryl methyl sites for hydroxylation is 1. The van der Waals surface area contributed by atoms with Gasteiger partial charge in [-0.05, 0) is 86.5 Å². The molecule has 0 atom stereocenters. The van der Waals surface area contributed by atoms with Crippen LogP contribution >= 0.6 is 0 Å². The lowest BCUT2D eigenvalue weighted by Crippen LogP contribution is -2.42. The maximum atomic E-state index is 11.2. The van der Waals surface area contributed by atoms with E-state index in [4.69, 9.17) is 4.74 Å². The van der Waals surface area contributed by atoms with Gasteiger partial charge in [0.15, 0.2) is 0 Å². The summed E-state index contributed by atoms with van der Waals surface area (Å²) >= 11 is 0. The first kappa shape index (κ1) is 22.3. The summed E-state index contributed by atoms with van der Waals surface area (Å²) in [5, 5.41) is 12.3. The number of anilines is 1. The molecule has 1 amide bonds. The van der Waals surface area contributed by atoms with Gasteiger partial charge < -0.3 is 15.2 Å². The maximum absolute atomic E-state index is 11.2. The van der Waals surface area contributed by atoms with Gasteiger partial charge in [0, 0.05) is 25.8 Å². The molecule has 162 valence electrons. The van der Waals surface area contributed by atoms with Crippen molar-refractivity contribution >= 4 is 11.6 Å². The van der Waals surface area contributed by atoms with Crippen molar-refractivity contribution in [3.63, 3.8) is 0 Å². The number of phenols is 1. The standard InChI is InChI=1S/C25H34N2O3/c1-3-30-19-25(13-12-21-6-10-24(29)11-7-21)14-16-27(17-15-25)18-22-4-8-23(9-5-22)26-20(2)28/h4-11,29H,3,12-19H2,1-2H3,(H,26,28). The van der Waals surface area contributed by atoms with E-state index in [9.17, 15) is 9.90 Å². The molecule has 0 saturated carbocycles. The summed E-state index contributed by atoms with van der Waals surface area (Å²) in [6.45, 7) is 8.23. The Morgan fingerprint density at radius 2 is 1.70 bits per heavy atom. The molecule has 0 aromatic heterocycles. The number of nitrogens with zero attached hydrogens (tertiary/aromatic N) is 1. The second-order valence-electron chi connectivity index (χ2n) is 8.46. The van der Waals surface area contributed by atoms with E-state index in [0.29, 0.717) is 5.75 Å². The van der Waals surface area contributed by atoms with Gasteiger partial charge in [0.2, 0.25) is 5.91 Å². The molecule has 1 fully saturated rings. The lowest BCUT2D eigenvalue weighted by atomic mass is 9.74. The number of amides is 1. The quantitative estimate of drug-likeness (QED) is 0.634. The fourth-order valence-electron chi connectivity index (χ4n) is 4.20. The van der Waals surface area contributed by atoms with E-state index in [-0.39, 0.29) is 11.3 Å². The predicted molar refractivity (Wildman–Crippen MR) is 121 cm³/mol. The SMILES string of the molecule is CCOCC1(CCc2ccc(O)cc2)CCN(Cc2ccc(NC(C)=O)cc2)CC1. The number of likely N-dealkylation sites (tertiary alicyclic amines) is 1. The Hall–Kier alpha value is -2.37. The molecule has 5 heteroatoms. The number of rotatable bonds is 9. The summed E-state index contributed by atoms with van der Waals surface area (Å²) in [4.78, 5) is 13.7. The number of aromatic hydroxyl groups is 1. The molecule has 1 aliphatic heterocycles. The minimum absolute atomic E-state index is 0.0447. The van der Waals surface area contributed by atoms with E-state index in [1.54, 1.807) is 12.1 Å². The summed E-state index contributed by atoms with van der Waals surface area (Å²) in [6, 6.07) is 15.7. The molecule has 2 aromatic rings. The number of benzene rings is 2. The summed E-state index contributed by atoms with van der Waals surface area (Å²) in [5.74, 6) is 0.276. The highest BCUT2D eigenvalue weighted by molar-refractivity contribution is 5.88. The monoisotopic (exact) mass is 410 g/mol. The first-order chi connectivity index (χ1) is 14.5. The van der Waals surface area contributed by atoms with Crippen molar-refractivity contribution in [3.05, 3.63) is 59.7 Å². The molecular weight excluding hydrogens is 376 g/mol. The minimum atomic E-state index is -0.0447.